The summed E-state index contributed by atoms with van der Waals surface area (Å²) in [6.07, 6.45) is 1.81. The molecule has 0 fully saturated rings. The van der Waals surface area contributed by atoms with Crippen molar-refractivity contribution < 1.29 is 0 Å². The van der Waals surface area contributed by atoms with Gasteiger partial charge < -0.3 is 9.88 Å². The highest BCUT2D eigenvalue weighted by Crippen LogP contribution is 2.37. The first-order chi connectivity index (χ1) is 8.66. The monoisotopic (exact) mass is 301 g/mol. The minimum atomic E-state index is 0.536. The highest BCUT2D eigenvalue weighted by molar-refractivity contribution is 6.41. The predicted molar refractivity (Wildman–Crippen MR) is 74.4 cm³/mol. The lowest BCUT2D eigenvalue weighted by atomic mass is 10.1. The fraction of sp³-hybridized carbons (Fsp3) is 0.250. The summed E-state index contributed by atoms with van der Waals surface area (Å²) in [6, 6.07) is 3.40. The van der Waals surface area contributed by atoms with Gasteiger partial charge in [0.2, 0.25) is 0 Å². The largest absolute Gasteiger partial charge is 0.326 e. The van der Waals surface area contributed by atoms with Crippen molar-refractivity contribution in [1.82, 2.24) is 14.9 Å². The van der Waals surface area contributed by atoms with E-state index in [1.165, 1.54) is 0 Å². The Hall–Kier alpha value is -0.740. The number of nitrogens with one attached hydrogen (secondary N) is 1. The molecule has 94 valence electrons. The second-order valence-electron chi connectivity index (χ2n) is 4.13. The van der Waals surface area contributed by atoms with Crippen molar-refractivity contribution in [3.05, 3.63) is 39.2 Å². The summed E-state index contributed by atoms with van der Waals surface area (Å²) in [5.41, 5.74) is 1.74. The zero-order valence-electron chi connectivity index (χ0n) is 9.38. The lowest BCUT2D eigenvalue weighted by Crippen LogP contribution is -2.28. The van der Waals surface area contributed by atoms with Gasteiger partial charge in [0.05, 0.1) is 28.5 Å². The molecule has 1 aliphatic heterocycles. The van der Waals surface area contributed by atoms with Crippen molar-refractivity contribution in [2.75, 3.05) is 6.54 Å². The van der Waals surface area contributed by atoms with E-state index in [0.29, 0.717) is 15.1 Å². The second-order valence-corrected chi connectivity index (χ2v) is 5.38. The molecule has 3 nitrogen and oxygen atoms in total. The van der Waals surface area contributed by atoms with E-state index in [0.717, 1.165) is 36.7 Å². The second kappa shape index (κ2) is 4.74. The number of hydrogen-bond acceptors (Lipinski definition) is 2. The van der Waals surface area contributed by atoms with Crippen LogP contribution < -0.4 is 5.32 Å². The predicted octanol–water partition coefficient (Wildman–Crippen LogP) is 3.61. The van der Waals surface area contributed by atoms with E-state index in [-0.39, 0.29) is 0 Å². The van der Waals surface area contributed by atoms with E-state index in [1.54, 1.807) is 12.1 Å². The molecule has 1 aromatic heterocycles. The smallest absolute Gasteiger partial charge is 0.123 e. The van der Waals surface area contributed by atoms with E-state index in [4.69, 9.17) is 34.8 Å². The van der Waals surface area contributed by atoms with Gasteiger partial charge in [-0.25, -0.2) is 4.98 Å². The highest BCUT2D eigenvalue weighted by Gasteiger charge is 2.19. The SMILES string of the molecule is Clc1cc(Cl)c(-c2cnc3n2CCNC3)c(Cl)c1. The molecule has 2 aromatic rings. The zero-order chi connectivity index (χ0) is 12.7. The summed E-state index contributed by atoms with van der Waals surface area (Å²) in [4.78, 5) is 4.39. The fourth-order valence-corrected chi connectivity index (χ4v) is 3.19. The first-order valence-corrected chi connectivity index (χ1v) is 6.70. The molecule has 0 amide bonds. The van der Waals surface area contributed by atoms with Crippen LogP contribution in [0.4, 0.5) is 0 Å². The number of halogens is 3. The van der Waals surface area contributed by atoms with Crippen molar-refractivity contribution in [3.63, 3.8) is 0 Å². The maximum absolute atomic E-state index is 6.24. The van der Waals surface area contributed by atoms with Crippen LogP contribution in [0, 0.1) is 0 Å². The normalized spacial score (nSPS) is 14.6. The summed E-state index contributed by atoms with van der Waals surface area (Å²) in [6.45, 7) is 2.54. The third kappa shape index (κ3) is 2.01. The third-order valence-electron chi connectivity index (χ3n) is 3.00. The summed E-state index contributed by atoms with van der Waals surface area (Å²) in [5, 5.41) is 4.91. The number of fused-ring (bicyclic) bond motifs is 1. The Morgan fingerprint density at radius 2 is 1.89 bits per heavy atom. The van der Waals surface area contributed by atoms with Crippen LogP contribution in [-0.2, 0) is 13.1 Å². The third-order valence-corrected chi connectivity index (χ3v) is 3.81. The van der Waals surface area contributed by atoms with Crippen LogP contribution >= 0.6 is 34.8 Å². The van der Waals surface area contributed by atoms with Crippen molar-refractivity contribution in [1.29, 1.82) is 0 Å². The van der Waals surface area contributed by atoms with Gasteiger partial charge in [0.15, 0.2) is 0 Å². The van der Waals surface area contributed by atoms with E-state index < -0.39 is 0 Å². The Balaban J connectivity index is 2.18. The molecule has 0 unspecified atom stereocenters. The number of rotatable bonds is 1. The van der Waals surface area contributed by atoms with Gasteiger partial charge in [0.1, 0.15) is 5.82 Å². The molecule has 0 atom stereocenters. The molecular formula is C12H10Cl3N3. The quantitative estimate of drug-likeness (QED) is 0.872. The maximum Gasteiger partial charge on any atom is 0.123 e. The maximum atomic E-state index is 6.24. The summed E-state index contributed by atoms with van der Waals surface area (Å²) in [7, 11) is 0. The van der Waals surface area contributed by atoms with Crippen molar-refractivity contribution in [3.8, 4) is 11.3 Å². The Morgan fingerprint density at radius 1 is 1.17 bits per heavy atom. The number of aromatic nitrogens is 2. The molecule has 6 heteroatoms. The Labute approximate surface area is 120 Å². The standard InChI is InChI=1S/C12H10Cl3N3/c13-7-3-8(14)12(9(15)4-7)10-5-17-11-6-16-1-2-18(10)11/h3-5,16H,1-2,6H2. The van der Waals surface area contributed by atoms with Crippen LogP contribution in [0.3, 0.4) is 0 Å². The van der Waals surface area contributed by atoms with Gasteiger partial charge >= 0.3 is 0 Å². The average molecular weight is 303 g/mol. The van der Waals surface area contributed by atoms with Gasteiger partial charge in [-0.15, -0.1) is 0 Å². The summed E-state index contributed by atoms with van der Waals surface area (Å²) < 4.78 is 2.14. The Morgan fingerprint density at radius 3 is 2.61 bits per heavy atom. The van der Waals surface area contributed by atoms with Crippen LogP contribution in [-0.4, -0.2) is 16.1 Å². The van der Waals surface area contributed by atoms with Crippen LogP contribution in [0.15, 0.2) is 18.3 Å². The molecule has 0 bridgehead atoms. The van der Waals surface area contributed by atoms with Crippen LogP contribution in [0.5, 0.6) is 0 Å². The number of imidazole rings is 1. The van der Waals surface area contributed by atoms with Crippen LogP contribution in [0.2, 0.25) is 15.1 Å². The first kappa shape index (κ1) is 12.3. The average Bonchev–Trinajstić information content (AvgIpc) is 2.72. The van der Waals surface area contributed by atoms with E-state index >= 15 is 0 Å². The minimum Gasteiger partial charge on any atom is -0.326 e. The minimum absolute atomic E-state index is 0.536. The van der Waals surface area contributed by atoms with Gasteiger partial charge in [-0.05, 0) is 12.1 Å². The van der Waals surface area contributed by atoms with Gasteiger partial charge in [0, 0.05) is 23.7 Å². The van der Waals surface area contributed by atoms with Gasteiger partial charge in [-0.1, -0.05) is 34.8 Å². The van der Waals surface area contributed by atoms with E-state index in [9.17, 15) is 0 Å². The van der Waals surface area contributed by atoms with E-state index in [2.05, 4.69) is 14.9 Å². The molecule has 18 heavy (non-hydrogen) atoms. The number of benzene rings is 1. The molecule has 2 heterocycles. The summed E-state index contributed by atoms with van der Waals surface area (Å²) in [5.74, 6) is 0.998. The number of hydrogen-bond donors (Lipinski definition) is 1. The molecule has 0 spiro atoms. The molecule has 3 rings (SSSR count). The van der Waals surface area contributed by atoms with E-state index in [1.807, 2.05) is 6.20 Å². The lowest BCUT2D eigenvalue weighted by Gasteiger charge is -2.18. The lowest BCUT2D eigenvalue weighted by molar-refractivity contribution is 0.508. The molecule has 0 aliphatic carbocycles. The summed E-state index contributed by atoms with van der Waals surface area (Å²) >= 11 is 18.4. The molecular weight excluding hydrogens is 293 g/mol. The molecule has 1 N–H and O–H groups in total. The van der Waals surface area contributed by atoms with Crippen molar-refractivity contribution in [2.45, 2.75) is 13.1 Å². The van der Waals surface area contributed by atoms with Crippen LogP contribution in [0.1, 0.15) is 5.82 Å². The topological polar surface area (TPSA) is 29.9 Å². The van der Waals surface area contributed by atoms with Crippen molar-refractivity contribution in [2.24, 2.45) is 0 Å². The molecule has 0 saturated heterocycles. The fourth-order valence-electron chi connectivity index (χ4n) is 2.18. The number of nitrogens with zero attached hydrogens (tertiary/aromatic N) is 2. The molecule has 1 aromatic carbocycles. The van der Waals surface area contributed by atoms with Gasteiger partial charge in [-0.2, -0.15) is 0 Å². The first-order valence-electron chi connectivity index (χ1n) is 5.57. The zero-order valence-corrected chi connectivity index (χ0v) is 11.6. The highest BCUT2D eigenvalue weighted by atomic mass is 35.5. The molecule has 0 radical (unpaired) electrons. The molecule has 0 saturated carbocycles. The Bertz CT molecular complexity index is 584. The van der Waals surface area contributed by atoms with Gasteiger partial charge in [-0.3, -0.25) is 0 Å². The molecule has 1 aliphatic rings. The Kier molecular flexibility index (Phi) is 3.24. The van der Waals surface area contributed by atoms with Gasteiger partial charge in [0.25, 0.3) is 0 Å². The van der Waals surface area contributed by atoms with Crippen molar-refractivity contribution >= 4 is 34.8 Å². The van der Waals surface area contributed by atoms with Crippen LogP contribution in [0.25, 0.3) is 11.3 Å².